The number of fused-ring (bicyclic) bond motifs is 1. The first-order valence-corrected chi connectivity index (χ1v) is 8.21. The second-order valence-electron chi connectivity index (χ2n) is 6.63. The standard InChI is InChI=1S/C20H23NO3/c1-14-6-4-5-7-15(14)12-19(22)21-20(2,3)16-8-9-17-18(13-16)24-11-10-23-17/h4-9,13H,10-12H2,1-3H3,(H,21,22). The molecule has 0 bridgehead atoms. The second-order valence-corrected chi connectivity index (χ2v) is 6.63. The minimum Gasteiger partial charge on any atom is -0.486 e. The Morgan fingerprint density at radius 3 is 2.54 bits per heavy atom. The van der Waals surface area contributed by atoms with E-state index in [1.165, 1.54) is 0 Å². The molecule has 2 aromatic rings. The van der Waals surface area contributed by atoms with Crippen LogP contribution in [0.25, 0.3) is 0 Å². The maximum atomic E-state index is 12.5. The molecule has 1 amide bonds. The monoisotopic (exact) mass is 325 g/mol. The van der Waals surface area contributed by atoms with Crippen molar-refractivity contribution in [3.8, 4) is 11.5 Å². The highest BCUT2D eigenvalue weighted by Gasteiger charge is 2.25. The van der Waals surface area contributed by atoms with E-state index in [1.807, 2.05) is 63.2 Å². The van der Waals surface area contributed by atoms with Gasteiger partial charge in [-0.2, -0.15) is 0 Å². The lowest BCUT2D eigenvalue weighted by Crippen LogP contribution is -2.41. The lowest BCUT2D eigenvalue weighted by molar-refractivity contribution is -0.122. The van der Waals surface area contributed by atoms with Crippen molar-refractivity contribution in [1.82, 2.24) is 5.32 Å². The van der Waals surface area contributed by atoms with Crippen molar-refractivity contribution in [1.29, 1.82) is 0 Å². The summed E-state index contributed by atoms with van der Waals surface area (Å²) in [4.78, 5) is 12.5. The maximum absolute atomic E-state index is 12.5. The molecule has 0 radical (unpaired) electrons. The minimum absolute atomic E-state index is 0.00388. The Balaban J connectivity index is 1.73. The molecular weight excluding hydrogens is 302 g/mol. The average Bonchev–Trinajstić information content (AvgIpc) is 2.56. The van der Waals surface area contributed by atoms with Crippen LogP contribution in [0.5, 0.6) is 11.5 Å². The largest absolute Gasteiger partial charge is 0.486 e. The molecule has 1 heterocycles. The fourth-order valence-corrected chi connectivity index (χ4v) is 2.88. The smallest absolute Gasteiger partial charge is 0.225 e. The van der Waals surface area contributed by atoms with Gasteiger partial charge in [0.2, 0.25) is 5.91 Å². The second kappa shape index (κ2) is 6.56. The van der Waals surface area contributed by atoms with E-state index in [-0.39, 0.29) is 5.91 Å². The summed E-state index contributed by atoms with van der Waals surface area (Å²) >= 11 is 0. The molecule has 0 aliphatic carbocycles. The van der Waals surface area contributed by atoms with Crippen LogP contribution >= 0.6 is 0 Å². The molecule has 4 nitrogen and oxygen atoms in total. The third-order valence-corrected chi connectivity index (χ3v) is 4.33. The number of aryl methyl sites for hydroxylation is 1. The molecule has 24 heavy (non-hydrogen) atoms. The Labute approximate surface area is 142 Å². The van der Waals surface area contributed by atoms with Crippen LogP contribution in [0.1, 0.15) is 30.5 Å². The number of ether oxygens (including phenoxy) is 2. The topological polar surface area (TPSA) is 47.6 Å². The van der Waals surface area contributed by atoms with Crippen LogP contribution in [0, 0.1) is 6.92 Å². The SMILES string of the molecule is Cc1ccccc1CC(=O)NC(C)(C)c1ccc2c(c1)OCCO2. The van der Waals surface area contributed by atoms with Crippen LogP contribution in [-0.2, 0) is 16.8 Å². The van der Waals surface area contributed by atoms with Crippen molar-refractivity contribution in [3.63, 3.8) is 0 Å². The van der Waals surface area contributed by atoms with Crippen LogP contribution in [0.2, 0.25) is 0 Å². The number of hydrogen-bond acceptors (Lipinski definition) is 3. The van der Waals surface area contributed by atoms with Gasteiger partial charge in [0, 0.05) is 0 Å². The number of hydrogen-bond donors (Lipinski definition) is 1. The molecule has 4 heteroatoms. The fourth-order valence-electron chi connectivity index (χ4n) is 2.88. The Kier molecular flexibility index (Phi) is 4.47. The first kappa shape index (κ1) is 16.4. The van der Waals surface area contributed by atoms with E-state index in [2.05, 4.69) is 5.32 Å². The van der Waals surface area contributed by atoms with Gasteiger partial charge in [-0.05, 0) is 49.6 Å². The molecule has 0 saturated heterocycles. The summed E-state index contributed by atoms with van der Waals surface area (Å²) in [5, 5.41) is 3.12. The number of carbonyl (C=O) groups is 1. The Hall–Kier alpha value is -2.49. The summed E-state index contributed by atoms with van der Waals surface area (Å²) in [5.41, 5.74) is 2.68. The van der Waals surface area contributed by atoms with Crippen LogP contribution < -0.4 is 14.8 Å². The van der Waals surface area contributed by atoms with Gasteiger partial charge in [0.05, 0.1) is 12.0 Å². The molecule has 0 spiro atoms. The van der Waals surface area contributed by atoms with Gasteiger partial charge < -0.3 is 14.8 Å². The minimum atomic E-state index is -0.490. The molecule has 0 aromatic heterocycles. The average molecular weight is 325 g/mol. The summed E-state index contributed by atoms with van der Waals surface area (Å²) in [6, 6.07) is 13.8. The first-order chi connectivity index (χ1) is 11.5. The summed E-state index contributed by atoms with van der Waals surface area (Å²) in [6.45, 7) is 7.14. The number of nitrogens with one attached hydrogen (secondary N) is 1. The predicted octanol–water partition coefficient (Wildman–Crippen LogP) is 3.36. The lowest BCUT2D eigenvalue weighted by atomic mass is 9.93. The van der Waals surface area contributed by atoms with E-state index in [4.69, 9.17) is 9.47 Å². The molecular formula is C20H23NO3. The van der Waals surface area contributed by atoms with Gasteiger partial charge >= 0.3 is 0 Å². The first-order valence-electron chi connectivity index (χ1n) is 8.21. The third-order valence-electron chi connectivity index (χ3n) is 4.33. The van der Waals surface area contributed by atoms with Crippen molar-refractivity contribution in [2.45, 2.75) is 32.7 Å². The Morgan fingerprint density at radius 2 is 1.79 bits per heavy atom. The van der Waals surface area contributed by atoms with Crippen LogP contribution in [0.15, 0.2) is 42.5 Å². The molecule has 0 saturated carbocycles. The van der Waals surface area contributed by atoms with Gasteiger partial charge in [0.15, 0.2) is 11.5 Å². The summed E-state index contributed by atoms with van der Waals surface area (Å²) in [6.07, 6.45) is 0.376. The molecule has 3 rings (SSSR count). The molecule has 0 fully saturated rings. The summed E-state index contributed by atoms with van der Waals surface area (Å²) < 4.78 is 11.2. The number of amides is 1. The highest BCUT2D eigenvalue weighted by Crippen LogP contribution is 2.34. The van der Waals surface area contributed by atoms with Crippen LogP contribution in [0.4, 0.5) is 0 Å². The van der Waals surface area contributed by atoms with Gasteiger partial charge in [0.1, 0.15) is 13.2 Å². The van der Waals surface area contributed by atoms with Gasteiger partial charge in [0.25, 0.3) is 0 Å². The maximum Gasteiger partial charge on any atom is 0.225 e. The number of carbonyl (C=O) groups excluding carboxylic acids is 1. The normalized spacial score (nSPS) is 13.5. The molecule has 2 aromatic carbocycles. The molecule has 1 N–H and O–H groups in total. The molecule has 1 aliphatic rings. The zero-order valence-electron chi connectivity index (χ0n) is 14.4. The van der Waals surface area contributed by atoms with Crippen LogP contribution in [0.3, 0.4) is 0 Å². The fraction of sp³-hybridized carbons (Fsp3) is 0.350. The van der Waals surface area contributed by atoms with Crippen LogP contribution in [-0.4, -0.2) is 19.1 Å². The molecule has 1 aliphatic heterocycles. The molecule has 0 unspecified atom stereocenters. The third kappa shape index (κ3) is 3.53. The van der Waals surface area contributed by atoms with E-state index in [0.717, 1.165) is 28.2 Å². The van der Waals surface area contributed by atoms with E-state index < -0.39 is 5.54 Å². The Morgan fingerprint density at radius 1 is 1.08 bits per heavy atom. The Bertz CT molecular complexity index is 752. The van der Waals surface area contributed by atoms with Crippen molar-refractivity contribution < 1.29 is 14.3 Å². The van der Waals surface area contributed by atoms with Crippen molar-refractivity contribution in [2.75, 3.05) is 13.2 Å². The van der Waals surface area contributed by atoms with Gasteiger partial charge in [-0.15, -0.1) is 0 Å². The lowest BCUT2D eigenvalue weighted by Gasteiger charge is -2.29. The number of rotatable bonds is 4. The highest BCUT2D eigenvalue weighted by atomic mass is 16.6. The zero-order valence-corrected chi connectivity index (χ0v) is 14.4. The van der Waals surface area contributed by atoms with Crippen molar-refractivity contribution in [2.24, 2.45) is 0 Å². The van der Waals surface area contributed by atoms with Gasteiger partial charge in [-0.3, -0.25) is 4.79 Å². The van der Waals surface area contributed by atoms with Crippen molar-refractivity contribution in [3.05, 3.63) is 59.2 Å². The number of benzene rings is 2. The van der Waals surface area contributed by atoms with Crippen molar-refractivity contribution >= 4 is 5.91 Å². The van der Waals surface area contributed by atoms with Gasteiger partial charge in [-0.25, -0.2) is 0 Å². The molecule has 0 atom stereocenters. The van der Waals surface area contributed by atoms with Gasteiger partial charge in [-0.1, -0.05) is 30.3 Å². The van der Waals surface area contributed by atoms with E-state index in [9.17, 15) is 4.79 Å². The summed E-state index contributed by atoms with van der Waals surface area (Å²) in [7, 11) is 0. The highest BCUT2D eigenvalue weighted by molar-refractivity contribution is 5.79. The quantitative estimate of drug-likeness (QED) is 0.937. The van der Waals surface area contributed by atoms with E-state index >= 15 is 0 Å². The van der Waals surface area contributed by atoms with E-state index in [0.29, 0.717) is 19.6 Å². The molecule has 126 valence electrons. The van der Waals surface area contributed by atoms with E-state index in [1.54, 1.807) is 0 Å². The summed E-state index contributed by atoms with van der Waals surface area (Å²) in [5.74, 6) is 1.50. The zero-order chi connectivity index (χ0) is 17.2. The predicted molar refractivity (Wildman–Crippen MR) is 93.5 cm³/mol.